The van der Waals surface area contributed by atoms with E-state index < -0.39 is 0 Å². The molecule has 1 saturated heterocycles. The molecule has 5 nitrogen and oxygen atoms in total. The smallest absolute Gasteiger partial charge is 0.266 e. The Balaban J connectivity index is 1.83. The summed E-state index contributed by atoms with van der Waals surface area (Å²) in [6.45, 7) is 9.04. The standard InChI is InChI=1S/C18H23N3O2S/c1-4-23-15-7-5-14(6-8-15)17-20-13(3)16(24-17)18(22)21-10-9-19-11-12(21)2/h5-8,12,19H,4,9-11H2,1-3H3/t12-/m0/s1. The average Bonchev–Trinajstić information content (AvgIpc) is 2.97. The SMILES string of the molecule is CCOc1ccc(-c2nc(C)c(C(=O)N3CCNC[C@@H]3C)s2)cc1. The number of aryl methyl sites for hydroxylation is 1. The van der Waals surface area contributed by atoms with Crippen LogP contribution in [-0.2, 0) is 0 Å². The van der Waals surface area contributed by atoms with Crippen LogP contribution in [0.25, 0.3) is 10.6 Å². The van der Waals surface area contributed by atoms with Crippen LogP contribution in [0.4, 0.5) is 0 Å². The van der Waals surface area contributed by atoms with Crippen molar-refractivity contribution in [1.82, 2.24) is 15.2 Å². The third-order valence-electron chi connectivity index (χ3n) is 4.17. The zero-order chi connectivity index (χ0) is 17.1. The fourth-order valence-electron chi connectivity index (χ4n) is 2.85. The number of carbonyl (C=O) groups excluding carboxylic acids is 1. The minimum Gasteiger partial charge on any atom is -0.494 e. The molecule has 2 heterocycles. The van der Waals surface area contributed by atoms with Crippen molar-refractivity contribution in [2.24, 2.45) is 0 Å². The number of ether oxygens (including phenoxy) is 1. The Labute approximate surface area is 146 Å². The summed E-state index contributed by atoms with van der Waals surface area (Å²) >= 11 is 1.47. The normalized spacial score (nSPS) is 17.8. The Morgan fingerprint density at radius 2 is 2.17 bits per heavy atom. The van der Waals surface area contributed by atoms with E-state index in [4.69, 9.17) is 4.74 Å². The van der Waals surface area contributed by atoms with Gasteiger partial charge in [0.15, 0.2) is 0 Å². The molecule has 1 aliphatic rings. The summed E-state index contributed by atoms with van der Waals surface area (Å²) in [6.07, 6.45) is 0. The molecule has 0 radical (unpaired) electrons. The Bertz CT molecular complexity index is 712. The van der Waals surface area contributed by atoms with E-state index in [0.717, 1.165) is 46.5 Å². The van der Waals surface area contributed by atoms with Crippen LogP contribution in [0.15, 0.2) is 24.3 Å². The summed E-state index contributed by atoms with van der Waals surface area (Å²) < 4.78 is 5.47. The molecular formula is C18H23N3O2S. The molecule has 6 heteroatoms. The van der Waals surface area contributed by atoms with Gasteiger partial charge in [0.2, 0.25) is 0 Å². The highest BCUT2D eigenvalue weighted by atomic mass is 32.1. The molecule has 0 unspecified atom stereocenters. The second-order valence-electron chi connectivity index (χ2n) is 5.94. The Morgan fingerprint density at radius 3 is 2.83 bits per heavy atom. The Hall–Kier alpha value is -1.92. The van der Waals surface area contributed by atoms with Gasteiger partial charge >= 0.3 is 0 Å². The van der Waals surface area contributed by atoms with Gasteiger partial charge in [0.05, 0.1) is 12.3 Å². The number of piperazine rings is 1. The largest absolute Gasteiger partial charge is 0.494 e. The number of aromatic nitrogens is 1. The van der Waals surface area contributed by atoms with Crippen LogP contribution in [0.5, 0.6) is 5.75 Å². The first-order chi connectivity index (χ1) is 11.6. The first kappa shape index (κ1) is 16.9. The Morgan fingerprint density at radius 1 is 1.42 bits per heavy atom. The quantitative estimate of drug-likeness (QED) is 0.926. The molecule has 3 rings (SSSR count). The van der Waals surface area contributed by atoms with Crippen molar-refractivity contribution in [1.29, 1.82) is 0 Å². The summed E-state index contributed by atoms with van der Waals surface area (Å²) in [7, 11) is 0. The number of hydrogen-bond acceptors (Lipinski definition) is 5. The van der Waals surface area contributed by atoms with Crippen LogP contribution in [0, 0.1) is 6.92 Å². The minimum absolute atomic E-state index is 0.0937. The summed E-state index contributed by atoms with van der Waals surface area (Å²) in [5, 5.41) is 4.19. The van der Waals surface area contributed by atoms with E-state index in [1.807, 2.05) is 43.0 Å². The number of nitrogens with one attached hydrogen (secondary N) is 1. The molecule has 0 bridgehead atoms. The van der Waals surface area contributed by atoms with E-state index in [9.17, 15) is 4.79 Å². The third-order valence-corrected chi connectivity index (χ3v) is 5.36. The molecule has 1 aliphatic heterocycles. The van der Waals surface area contributed by atoms with Crippen molar-refractivity contribution in [3.8, 4) is 16.3 Å². The first-order valence-electron chi connectivity index (χ1n) is 8.32. The van der Waals surface area contributed by atoms with Crippen LogP contribution in [-0.4, -0.2) is 48.1 Å². The number of rotatable bonds is 4. The lowest BCUT2D eigenvalue weighted by Crippen LogP contribution is -2.52. The van der Waals surface area contributed by atoms with Gasteiger partial charge in [0.25, 0.3) is 5.91 Å². The van der Waals surface area contributed by atoms with Gasteiger partial charge < -0.3 is 15.0 Å². The zero-order valence-corrected chi connectivity index (χ0v) is 15.2. The van der Waals surface area contributed by atoms with Crippen LogP contribution in [0.3, 0.4) is 0 Å². The van der Waals surface area contributed by atoms with E-state index >= 15 is 0 Å². The van der Waals surface area contributed by atoms with E-state index in [-0.39, 0.29) is 11.9 Å². The van der Waals surface area contributed by atoms with Gasteiger partial charge in [-0.1, -0.05) is 0 Å². The van der Waals surface area contributed by atoms with Crippen molar-refractivity contribution in [2.75, 3.05) is 26.2 Å². The highest BCUT2D eigenvalue weighted by Crippen LogP contribution is 2.30. The molecule has 1 aromatic heterocycles. The second kappa shape index (κ2) is 7.32. The number of benzene rings is 1. The fourth-order valence-corrected chi connectivity index (χ4v) is 3.88. The molecule has 1 N–H and O–H groups in total. The molecule has 1 aromatic carbocycles. The molecule has 128 valence electrons. The molecule has 2 aromatic rings. The van der Waals surface area contributed by atoms with E-state index in [1.54, 1.807) is 0 Å². The van der Waals surface area contributed by atoms with Gasteiger partial charge in [-0.25, -0.2) is 4.98 Å². The maximum atomic E-state index is 12.9. The van der Waals surface area contributed by atoms with Crippen LogP contribution in [0.1, 0.15) is 29.2 Å². The maximum absolute atomic E-state index is 12.9. The van der Waals surface area contributed by atoms with Crippen molar-refractivity contribution >= 4 is 17.2 Å². The summed E-state index contributed by atoms with van der Waals surface area (Å²) in [6, 6.07) is 8.07. The predicted molar refractivity (Wildman–Crippen MR) is 96.8 cm³/mol. The monoisotopic (exact) mass is 345 g/mol. The third kappa shape index (κ3) is 3.44. The first-order valence-corrected chi connectivity index (χ1v) is 9.14. The molecule has 0 aliphatic carbocycles. The number of thiazole rings is 1. The van der Waals surface area contributed by atoms with Crippen molar-refractivity contribution in [3.63, 3.8) is 0 Å². The average molecular weight is 345 g/mol. The highest BCUT2D eigenvalue weighted by molar-refractivity contribution is 7.17. The predicted octanol–water partition coefficient (Wildman–Crippen LogP) is 2.95. The molecule has 1 atom stereocenters. The highest BCUT2D eigenvalue weighted by Gasteiger charge is 2.27. The summed E-state index contributed by atoms with van der Waals surface area (Å²) in [5.41, 5.74) is 1.82. The van der Waals surface area contributed by atoms with Gasteiger partial charge in [0.1, 0.15) is 15.6 Å². The van der Waals surface area contributed by atoms with Gasteiger partial charge in [-0.3, -0.25) is 4.79 Å². The number of nitrogens with zero attached hydrogens (tertiary/aromatic N) is 2. The lowest BCUT2D eigenvalue weighted by atomic mass is 10.2. The van der Waals surface area contributed by atoms with Gasteiger partial charge in [-0.05, 0) is 45.0 Å². The molecule has 0 spiro atoms. The number of hydrogen-bond donors (Lipinski definition) is 1. The lowest BCUT2D eigenvalue weighted by Gasteiger charge is -2.33. The van der Waals surface area contributed by atoms with Crippen LogP contribution < -0.4 is 10.1 Å². The van der Waals surface area contributed by atoms with Crippen LogP contribution >= 0.6 is 11.3 Å². The van der Waals surface area contributed by atoms with E-state index in [1.165, 1.54) is 11.3 Å². The van der Waals surface area contributed by atoms with Crippen molar-refractivity contribution in [2.45, 2.75) is 26.8 Å². The molecule has 24 heavy (non-hydrogen) atoms. The Kier molecular flexibility index (Phi) is 5.16. The number of amides is 1. The summed E-state index contributed by atoms with van der Waals surface area (Å²) in [5.74, 6) is 0.941. The number of carbonyl (C=O) groups is 1. The molecule has 1 amide bonds. The minimum atomic E-state index is 0.0937. The van der Waals surface area contributed by atoms with E-state index in [0.29, 0.717) is 6.61 Å². The van der Waals surface area contributed by atoms with Gasteiger partial charge in [-0.15, -0.1) is 11.3 Å². The zero-order valence-electron chi connectivity index (χ0n) is 14.3. The van der Waals surface area contributed by atoms with Crippen molar-refractivity contribution < 1.29 is 9.53 Å². The lowest BCUT2D eigenvalue weighted by molar-refractivity contribution is 0.0660. The van der Waals surface area contributed by atoms with Crippen molar-refractivity contribution in [3.05, 3.63) is 34.8 Å². The molecule has 0 saturated carbocycles. The van der Waals surface area contributed by atoms with Gasteiger partial charge in [0, 0.05) is 31.2 Å². The maximum Gasteiger partial charge on any atom is 0.266 e. The second-order valence-corrected chi connectivity index (χ2v) is 6.94. The van der Waals surface area contributed by atoms with E-state index in [2.05, 4.69) is 17.2 Å². The topological polar surface area (TPSA) is 54.5 Å². The fraction of sp³-hybridized carbons (Fsp3) is 0.444. The molecule has 1 fully saturated rings. The summed E-state index contributed by atoms with van der Waals surface area (Å²) in [4.78, 5) is 20.2. The van der Waals surface area contributed by atoms with Gasteiger partial charge in [-0.2, -0.15) is 0 Å². The molecular weight excluding hydrogens is 322 g/mol. The van der Waals surface area contributed by atoms with Crippen LogP contribution in [0.2, 0.25) is 0 Å².